The average Bonchev–Trinajstić information content (AvgIpc) is 3.06. The molecule has 0 saturated carbocycles. The van der Waals surface area contributed by atoms with Crippen LogP contribution in [0.25, 0.3) is 0 Å². The molecule has 2 heterocycles. The molecule has 174 valence electrons. The summed E-state index contributed by atoms with van der Waals surface area (Å²) in [5, 5.41) is 2.84. The molecule has 0 aliphatic carbocycles. The number of urea groups is 1. The zero-order chi connectivity index (χ0) is 23.0. The number of nitrogens with zero attached hydrogens (tertiary/aromatic N) is 3. The average molecular weight is 467 g/mol. The molecule has 3 rings (SSSR count). The van der Waals surface area contributed by atoms with E-state index < -0.39 is 15.8 Å². The van der Waals surface area contributed by atoms with Gasteiger partial charge in [-0.1, -0.05) is 6.07 Å². The second kappa shape index (κ2) is 11.2. The third-order valence-corrected chi connectivity index (χ3v) is 6.89. The summed E-state index contributed by atoms with van der Waals surface area (Å²) >= 11 is 0. The summed E-state index contributed by atoms with van der Waals surface area (Å²) in [7, 11) is -2.15. The highest BCUT2D eigenvalue weighted by molar-refractivity contribution is 7.89. The number of pyridine rings is 1. The van der Waals surface area contributed by atoms with Crippen LogP contribution in [0.2, 0.25) is 0 Å². The van der Waals surface area contributed by atoms with Crippen molar-refractivity contribution in [3.05, 3.63) is 54.0 Å². The maximum Gasteiger partial charge on any atom is 0.317 e. The zero-order valence-corrected chi connectivity index (χ0v) is 18.7. The van der Waals surface area contributed by atoms with Gasteiger partial charge < -0.3 is 19.7 Å². The summed E-state index contributed by atoms with van der Waals surface area (Å²) in [6.45, 7) is 2.32. The fourth-order valence-corrected chi connectivity index (χ4v) is 4.68. The van der Waals surface area contributed by atoms with E-state index in [-0.39, 0.29) is 37.1 Å². The molecule has 1 aliphatic rings. The Kier molecular flexibility index (Phi) is 8.37. The monoisotopic (exact) mass is 466 g/mol. The number of rotatable bonds is 8. The van der Waals surface area contributed by atoms with Gasteiger partial charge in [-0.15, -0.1) is 0 Å². The second-order valence-electron chi connectivity index (χ2n) is 7.20. The molecule has 32 heavy (non-hydrogen) atoms. The lowest BCUT2D eigenvalue weighted by Gasteiger charge is -2.22. The van der Waals surface area contributed by atoms with Crippen LogP contribution in [0.3, 0.4) is 0 Å². The summed E-state index contributed by atoms with van der Waals surface area (Å²) in [5.74, 6) is -0.0155. The van der Waals surface area contributed by atoms with Crippen molar-refractivity contribution in [2.75, 3.05) is 46.5 Å². The number of ether oxygens (including phenoxy) is 2. The molecule has 1 saturated heterocycles. The van der Waals surface area contributed by atoms with Crippen molar-refractivity contribution in [3.8, 4) is 5.88 Å². The van der Waals surface area contributed by atoms with Gasteiger partial charge in [-0.05, 0) is 36.2 Å². The standard InChI is InChI=1S/C21H27FN4O5S/c1-30-13-14-31-20-8-3-17(15-23-20)16-24-21(27)25-9-2-10-26(12-11-25)32(28,29)19-6-4-18(22)5-7-19/h3-8,15H,2,9-14,16H2,1H3,(H,24,27). The van der Waals surface area contributed by atoms with Gasteiger partial charge in [-0.2, -0.15) is 4.31 Å². The van der Waals surface area contributed by atoms with Gasteiger partial charge in [-0.3, -0.25) is 0 Å². The SMILES string of the molecule is COCCOc1ccc(CNC(=O)N2CCCN(S(=O)(=O)c3ccc(F)cc3)CC2)cn1. The van der Waals surface area contributed by atoms with Crippen molar-refractivity contribution in [2.24, 2.45) is 0 Å². The first-order chi connectivity index (χ1) is 15.4. The molecule has 11 heteroatoms. The van der Waals surface area contributed by atoms with E-state index in [0.29, 0.717) is 32.1 Å². The van der Waals surface area contributed by atoms with E-state index in [0.717, 1.165) is 17.7 Å². The van der Waals surface area contributed by atoms with Gasteiger partial charge in [0.25, 0.3) is 0 Å². The summed E-state index contributed by atoms with van der Waals surface area (Å²) in [5.41, 5.74) is 0.813. The molecule has 0 radical (unpaired) electrons. The highest BCUT2D eigenvalue weighted by Crippen LogP contribution is 2.18. The lowest BCUT2D eigenvalue weighted by Crippen LogP contribution is -2.42. The van der Waals surface area contributed by atoms with Gasteiger partial charge in [0.15, 0.2) is 0 Å². The van der Waals surface area contributed by atoms with Gasteiger partial charge in [0.1, 0.15) is 12.4 Å². The van der Waals surface area contributed by atoms with E-state index in [2.05, 4.69) is 10.3 Å². The molecule has 1 aromatic heterocycles. The van der Waals surface area contributed by atoms with Crippen LogP contribution in [0.4, 0.5) is 9.18 Å². The maximum absolute atomic E-state index is 13.1. The van der Waals surface area contributed by atoms with Crippen LogP contribution in [-0.4, -0.2) is 75.1 Å². The number of nitrogens with one attached hydrogen (secondary N) is 1. The van der Waals surface area contributed by atoms with E-state index in [4.69, 9.17) is 9.47 Å². The Labute approximate surface area is 187 Å². The summed E-state index contributed by atoms with van der Waals surface area (Å²) in [6.07, 6.45) is 2.13. The minimum Gasteiger partial charge on any atom is -0.475 e. The number of aromatic nitrogens is 1. The lowest BCUT2D eigenvalue weighted by molar-refractivity contribution is 0.143. The number of hydrogen-bond donors (Lipinski definition) is 1. The number of hydrogen-bond acceptors (Lipinski definition) is 6. The van der Waals surface area contributed by atoms with Crippen molar-refractivity contribution in [1.29, 1.82) is 0 Å². The number of carbonyl (C=O) groups is 1. The molecule has 1 aliphatic heterocycles. The van der Waals surface area contributed by atoms with Crippen LogP contribution >= 0.6 is 0 Å². The van der Waals surface area contributed by atoms with Crippen LogP contribution < -0.4 is 10.1 Å². The number of sulfonamides is 1. The molecule has 2 aromatic rings. The smallest absolute Gasteiger partial charge is 0.317 e. The molecule has 1 fully saturated rings. The first kappa shape index (κ1) is 23.9. The van der Waals surface area contributed by atoms with Crippen LogP contribution in [0.5, 0.6) is 5.88 Å². The van der Waals surface area contributed by atoms with Crippen molar-refractivity contribution >= 4 is 16.1 Å². The Bertz CT molecular complexity index is 986. The molecular formula is C21H27FN4O5S. The Morgan fingerprint density at radius 1 is 1.09 bits per heavy atom. The number of methoxy groups -OCH3 is 1. The van der Waals surface area contributed by atoms with Gasteiger partial charge in [-0.25, -0.2) is 22.6 Å². The highest BCUT2D eigenvalue weighted by atomic mass is 32.2. The summed E-state index contributed by atoms with van der Waals surface area (Å²) < 4.78 is 50.4. The zero-order valence-electron chi connectivity index (χ0n) is 17.9. The normalized spacial score (nSPS) is 15.2. The molecule has 1 N–H and O–H groups in total. The lowest BCUT2D eigenvalue weighted by atomic mass is 10.3. The second-order valence-corrected chi connectivity index (χ2v) is 9.14. The van der Waals surface area contributed by atoms with E-state index in [9.17, 15) is 17.6 Å². The first-order valence-electron chi connectivity index (χ1n) is 10.3. The van der Waals surface area contributed by atoms with Crippen molar-refractivity contribution in [1.82, 2.24) is 19.5 Å². The summed E-state index contributed by atoms with van der Waals surface area (Å²) in [6, 6.07) is 8.02. The van der Waals surface area contributed by atoms with E-state index in [1.54, 1.807) is 24.3 Å². The molecule has 2 amide bonds. The largest absolute Gasteiger partial charge is 0.475 e. The van der Waals surface area contributed by atoms with Gasteiger partial charge >= 0.3 is 6.03 Å². The molecule has 1 aromatic carbocycles. The van der Waals surface area contributed by atoms with E-state index in [1.807, 2.05) is 6.07 Å². The van der Waals surface area contributed by atoms with Crippen LogP contribution in [0, 0.1) is 5.82 Å². The molecular weight excluding hydrogens is 439 g/mol. The van der Waals surface area contributed by atoms with Crippen LogP contribution in [-0.2, 0) is 21.3 Å². The molecule has 0 spiro atoms. The fourth-order valence-electron chi connectivity index (χ4n) is 3.21. The van der Waals surface area contributed by atoms with Gasteiger partial charge in [0.05, 0.1) is 11.5 Å². The quantitative estimate of drug-likeness (QED) is 0.596. The Balaban J connectivity index is 1.50. The predicted molar refractivity (Wildman–Crippen MR) is 115 cm³/mol. The third-order valence-electron chi connectivity index (χ3n) is 4.97. The minimum atomic E-state index is -3.74. The third kappa shape index (κ3) is 6.38. The maximum atomic E-state index is 13.1. The Morgan fingerprint density at radius 2 is 1.88 bits per heavy atom. The number of amides is 2. The van der Waals surface area contributed by atoms with Crippen molar-refractivity contribution in [3.63, 3.8) is 0 Å². The van der Waals surface area contributed by atoms with Crippen LogP contribution in [0.15, 0.2) is 47.5 Å². The first-order valence-corrected chi connectivity index (χ1v) is 11.7. The molecule has 0 bridgehead atoms. The van der Waals surface area contributed by atoms with Crippen LogP contribution in [0.1, 0.15) is 12.0 Å². The Morgan fingerprint density at radius 3 is 2.56 bits per heavy atom. The highest BCUT2D eigenvalue weighted by Gasteiger charge is 2.28. The molecule has 0 atom stereocenters. The number of benzene rings is 1. The number of carbonyl (C=O) groups excluding carboxylic acids is 1. The van der Waals surface area contributed by atoms with Gasteiger partial charge in [0.2, 0.25) is 15.9 Å². The molecule has 9 nitrogen and oxygen atoms in total. The summed E-state index contributed by atoms with van der Waals surface area (Å²) in [4.78, 5) is 18.4. The predicted octanol–water partition coefficient (Wildman–Crippen LogP) is 1.85. The number of halogens is 1. The topological polar surface area (TPSA) is 101 Å². The van der Waals surface area contributed by atoms with Crippen molar-refractivity contribution in [2.45, 2.75) is 17.9 Å². The van der Waals surface area contributed by atoms with Crippen molar-refractivity contribution < 1.29 is 27.1 Å². The molecule has 0 unspecified atom stereocenters. The van der Waals surface area contributed by atoms with E-state index >= 15 is 0 Å². The fraction of sp³-hybridized carbons (Fsp3) is 0.429. The van der Waals surface area contributed by atoms with E-state index in [1.165, 1.54) is 16.4 Å². The Hall–Kier alpha value is -2.76. The minimum absolute atomic E-state index is 0.0407. The van der Waals surface area contributed by atoms with Gasteiger partial charge in [0, 0.05) is 52.1 Å².